The molecule has 16 heavy (non-hydrogen) atoms. The molecule has 0 fully saturated rings. The first-order chi connectivity index (χ1) is 7.65. The van der Waals surface area contributed by atoms with Crippen LogP contribution in [0.3, 0.4) is 0 Å². The van der Waals surface area contributed by atoms with Gasteiger partial charge in [0.15, 0.2) is 0 Å². The summed E-state index contributed by atoms with van der Waals surface area (Å²) in [6, 6.07) is 2.85. The molecule has 0 radical (unpaired) electrons. The molecule has 0 aliphatic rings. The first kappa shape index (κ1) is 12.6. The molecular formula is C12H15F2NO. The number of unbranched alkanes of at least 4 members (excludes halogenated alkanes) is 2. The predicted octanol–water partition coefficient (Wildman–Crippen LogP) is 2.88. The normalized spacial score (nSPS) is 10.2. The maximum Gasteiger partial charge on any atom is 0.254 e. The molecule has 0 unspecified atom stereocenters. The standard InChI is InChI=1S/C12H15F2NO/c1-2-3-4-7-15-12(16)10-8-9(13)5-6-11(10)14/h5-6,8H,2-4,7H2,1H3,(H,15,16). The molecule has 0 bridgehead atoms. The number of carbonyl (C=O) groups is 1. The fourth-order valence-corrected chi connectivity index (χ4v) is 1.34. The molecule has 0 aliphatic carbocycles. The molecule has 0 aliphatic heterocycles. The predicted molar refractivity (Wildman–Crippen MR) is 58.2 cm³/mol. The quantitative estimate of drug-likeness (QED) is 0.770. The van der Waals surface area contributed by atoms with Gasteiger partial charge in [0.05, 0.1) is 5.56 Å². The molecule has 1 aromatic rings. The zero-order valence-corrected chi connectivity index (χ0v) is 9.22. The van der Waals surface area contributed by atoms with Crippen molar-refractivity contribution in [2.45, 2.75) is 26.2 Å². The van der Waals surface area contributed by atoms with E-state index >= 15 is 0 Å². The summed E-state index contributed by atoms with van der Waals surface area (Å²) in [6.07, 6.45) is 2.90. The molecular weight excluding hydrogens is 212 g/mol. The third-order valence-corrected chi connectivity index (χ3v) is 2.24. The summed E-state index contributed by atoms with van der Waals surface area (Å²) >= 11 is 0. The lowest BCUT2D eigenvalue weighted by Crippen LogP contribution is -2.25. The SMILES string of the molecule is CCCCCNC(=O)c1cc(F)ccc1F. The van der Waals surface area contributed by atoms with E-state index in [1.807, 2.05) is 6.92 Å². The molecule has 0 saturated heterocycles. The van der Waals surface area contributed by atoms with Crippen LogP contribution in [0.15, 0.2) is 18.2 Å². The van der Waals surface area contributed by atoms with Crippen molar-refractivity contribution < 1.29 is 13.6 Å². The monoisotopic (exact) mass is 227 g/mol. The Kier molecular flexibility index (Phi) is 4.89. The van der Waals surface area contributed by atoms with Gasteiger partial charge >= 0.3 is 0 Å². The molecule has 0 saturated carbocycles. The van der Waals surface area contributed by atoms with Gasteiger partial charge in [0.2, 0.25) is 0 Å². The van der Waals surface area contributed by atoms with Crippen molar-refractivity contribution in [2.24, 2.45) is 0 Å². The van der Waals surface area contributed by atoms with Crippen LogP contribution in [0.4, 0.5) is 8.78 Å². The zero-order chi connectivity index (χ0) is 12.0. The first-order valence-electron chi connectivity index (χ1n) is 5.38. The van der Waals surface area contributed by atoms with Gasteiger partial charge in [-0.05, 0) is 24.6 Å². The molecule has 88 valence electrons. The van der Waals surface area contributed by atoms with Crippen LogP contribution in [0, 0.1) is 11.6 Å². The molecule has 0 aromatic heterocycles. The average molecular weight is 227 g/mol. The Labute approximate surface area is 93.7 Å². The van der Waals surface area contributed by atoms with Gasteiger partial charge in [0.25, 0.3) is 5.91 Å². The Hall–Kier alpha value is -1.45. The van der Waals surface area contributed by atoms with Crippen LogP contribution in [0.2, 0.25) is 0 Å². The fourth-order valence-electron chi connectivity index (χ4n) is 1.34. The third kappa shape index (κ3) is 3.61. The Balaban J connectivity index is 2.55. The van der Waals surface area contributed by atoms with Crippen LogP contribution in [-0.4, -0.2) is 12.5 Å². The van der Waals surface area contributed by atoms with Crippen molar-refractivity contribution in [1.82, 2.24) is 5.32 Å². The maximum absolute atomic E-state index is 13.2. The van der Waals surface area contributed by atoms with Crippen LogP contribution < -0.4 is 5.32 Å². The van der Waals surface area contributed by atoms with Crippen molar-refractivity contribution in [1.29, 1.82) is 0 Å². The first-order valence-corrected chi connectivity index (χ1v) is 5.38. The van der Waals surface area contributed by atoms with Gasteiger partial charge in [-0.2, -0.15) is 0 Å². The Morgan fingerprint density at radius 3 is 2.75 bits per heavy atom. The molecule has 0 spiro atoms. The molecule has 1 amide bonds. The van der Waals surface area contributed by atoms with Crippen LogP contribution in [0.1, 0.15) is 36.5 Å². The van der Waals surface area contributed by atoms with Gasteiger partial charge in [-0.1, -0.05) is 19.8 Å². The summed E-state index contributed by atoms with van der Waals surface area (Å²) in [4.78, 5) is 11.5. The highest BCUT2D eigenvalue weighted by atomic mass is 19.1. The van der Waals surface area contributed by atoms with Gasteiger partial charge in [0, 0.05) is 6.54 Å². The van der Waals surface area contributed by atoms with E-state index in [1.54, 1.807) is 0 Å². The minimum absolute atomic E-state index is 0.239. The lowest BCUT2D eigenvalue weighted by molar-refractivity contribution is 0.0948. The summed E-state index contributed by atoms with van der Waals surface area (Å²) in [5.41, 5.74) is -0.239. The average Bonchev–Trinajstić information content (AvgIpc) is 2.27. The number of benzene rings is 1. The highest BCUT2D eigenvalue weighted by molar-refractivity contribution is 5.94. The molecule has 0 heterocycles. The summed E-state index contributed by atoms with van der Waals surface area (Å²) in [6.45, 7) is 2.54. The van der Waals surface area contributed by atoms with Crippen LogP contribution >= 0.6 is 0 Å². The van der Waals surface area contributed by atoms with E-state index in [4.69, 9.17) is 0 Å². The molecule has 1 aromatic carbocycles. The Morgan fingerprint density at radius 1 is 1.31 bits per heavy atom. The number of hydrogen-bond acceptors (Lipinski definition) is 1. The number of hydrogen-bond donors (Lipinski definition) is 1. The lowest BCUT2D eigenvalue weighted by Gasteiger charge is -2.05. The third-order valence-electron chi connectivity index (χ3n) is 2.24. The van der Waals surface area contributed by atoms with E-state index in [-0.39, 0.29) is 5.56 Å². The van der Waals surface area contributed by atoms with Crippen molar-refractivity contribution in [3.8, 4) is 0 Å². The van der Waals surface area contributed by atoms with Gasteiger partial charge in [-0.15, -0.1) is 0 Å². The number of amides is 1. The van der Waals surface area contributed by atoms with Crippen molar-refractivity contribution in [3.63, 3.8) is 0 Å². The largest absolute Gasteiger partial charge is 0.352 e. The number of nitrogens with one attached hydrogen (secondary N) is 1. The van der Waals surface area contributed by atoms with Gasteiger partial charge in [-0.3, -0.25) is 4.79 Å². The van der Waals surface area contributed by atoms with Crippen LogP contribution in [0.25, 0.3) is 0 Å². The fraction of sp³-hybridized carbons (Fsp3) is 0.417. The van der Waals surface area contributed by atoms with E-state index in [0.29, 0.717) is 6.54 Å². The lowest BCUT2D eigenvalue weighted by atomic mass is 10.2. The summed E-state index contributed by atoms with van der Waals surface area (Å²) in [5, 5.41) is 2.56. The number of rotatable bonds is 5. The molecule has 2 nitrogen and oxygen atoms in total. The van der Waals surface area contributed by atoms with Crippen molar-refractivity contribution >= 4 is 5.91 Å². The minimum Gasteiger partial charge on any atom is -0.352 e. The summed E-state index contributed by atoms with van der Waals surface area (Å²) < 4.78 is 26.0. The number of carbonyl (C=O) groups excluding carboxylic acids is 1. The molecule has 4 heteroatoms. The second-order valence-corrected chi connectivity index (χ2v) is 3.59. The van der Waals surface area contributed by atoms with Gasteiger partial charge < -0.3 is 5.32 Å². The van der Waals surface area contributed by atoms with E-state index < -0.39 is 17.5 Å². The van der Waals surface area contributed by atoms with E-state index in [1.165, 1.54) is 0 Å². The smallest absolute Gasteiger partial charge is 0.254 e. The Bertz CT molecular complexity index is 366. The highest BCUT2D eigenvalue weighted by Gasteiger charge is 2.11. The van der Waals surface area contributed by atoms with Gasteiger partial charge in [-0.25, -0.2) is 8.78 Å². The molecule has 1 rings (SSSR count). The van der Waals surface area contributed by atoms with Crippen molar-refractivity contribution in [3.05, 3.63) is 35.4 Å². The second-order valence-electron chi connectivity index (χ2n) is 3.59. The molecule has 1 N–H and O–H groups in total. The zero-order valence-electron chi connectivity index (χ0n) is 9.22. The van der Waals surface area contributed by atoms with Crippen molar-refractivity contribution in [2.75, 3.05) is 6.54 Å². The summed E-state index contributed by atoms with van der Waals surface area (Å²) in [5.74, 6) is -1.87. The Morgan fingerprint density at radius 2 is 2.06 bits per heavy atom. The van der Waals surface area contributed by atoms with Crippen LogP contribution in [0.5, 0.6) is 0 Å². The topological polar surface area (TPSA) is 29.1 Å². The van der Waals surface area contributed by atoms with Gasteiger partial charge in [0.1, 0.15) is 11.6 Å². The second kappa shape index (κ2) is 6.20. The highest BCUT2D eigenvalue weighted by Crippen LogP contribution is 2.09. The summed E-state index contributed by atoms with van der Waals surface area (Å²) in [7, 11) is 0. The number of halogens is 2. The van der Waals surface area contributed by atoms with E-state index in [2.05, 4.69) is 5.32 Å². The minimum atomic E-state index is -0.700. The van der Waals surface area contributed by atoms with Crippen LogP contribution in [-0.2, 0) is 0 Å². The molecule has 0 atom stereocenters. The van der Waals surface area contributed by atoms with E-state index in [9.17, 15) is 13.6 Å². The van der Waals surface area contributed by atoms with E-state index in [0.717, 1.165) is 37.5 Å². The maximum atomic E-state index is 13.2.